The number of nitrogens with zero attached hydrogens (tertiary/aromatic N) is 2. The van der Waals surface area contributed by atoms with Crippen LogP contribution < -0.4 is 19.1 Å². The number of benzene rings is 3. The molecule has 184 valence electrons. The number of ether oxygens (including phenoxy) is 3. The first-order valence-corrected chi connectivity index (χ1v) is 12.3. The van der Waals surface area contributed by atoms with Gasteiger partial charge < -0.3 is 24.2 Å². The number of rotatable bonds is 4. The van der Waals surface area contributed by atoms with Crippen molar-refractivity contribution in [3.8, 4) is 23.0 Å². The van der Waals surface area contributed by atoms with Crippen LogP contribution in [0, 0.1) is 6.92 Å². The number of anilines is 1. The van der Waals surface area contributed by atoms with Gasteiger partial charge in [-0.3, -0.25) is 9.69 Å². The third kappa shape index (κ3) is 4.14. The van der Waals surface area contributed by atoms with Gasteiger partial charge in [0.15, 0.2) is 17.3 Å². The fourth-order valence-corrected chi connectivity index (χ4v) is 5.13. The molecule has 7 nitrogen and oxygen atoms in total. The second-order valence-corrected chi connectivity index (χ2v) is 9.63. The largest absolute Gasteiger partial charge is 0.507 e. The lowest BCUT2D eigenvalue weighted by Crippen LogP contribution is -2.46. The molecule has 1 N–H and O–H groups in total. The normalized spacial score (nSPS) is 18.0. The zero-order valence-electron chi connectivity index (χ0n) is 19.8. The lowest BCUT2D eigenvalue weighted by atomic mass is 9.99. The summed E-state index contributed by atoms with van der Waals surface area (Å²) in [5, 5.41) is 11.5. The monoisotopic (exact) mass is 504 g/mol. The number of carbonyl (C=O) groups is 1. The standard InChI is InChI=1S/C28H25ClN2O5/c1-17-11-22(32)21(15-30-7-9-31(10-8-30)20-4-2-3-19(29)14-20)28-26(17)27(33)25(36-28)13-18-5-6-23-24(12-18)35-16-34-23/h2-6,11-14,32H,7-10,15-16H2,1H3/b25-13-. The summed E-state index contributed by atoms with van der Waals surface area (Å²) in [6.07, 6.45) is 1.70. The number of aromatic hydroxyl groups is 1. The van der Waals surface area contributed by atoms with Crippen LogP contribution in [0.5, 0.6) is 23.0 Å². The van der Waals surface area contributed by atoms with Gasteiger partial charge in [0.05, 0.1) is 11.1 Å². The smallest absolute Gasteiger partial charge is 0.232 e. The number of hydrogen-bond donors (Lipinski definition) is 1. The van der Waals surface area contributed by atoms with Crippen LogP contribution in [0.15, 0.2) is 54.3 Å². The second-order valence-electron chi connectivity index (χ2n) is 9.19. The molecule has 0 unspecified atom stereocenters. The van der Waals surface area contributed by atoms with Gasteiger partial charge in [-0.15, -0.1) is 0 Å². The van der Waals surface area contributed by atoms with E-state index in [-0.39, 0.29) is 24.1 Å². The summed E-state index contributed by atoms with van der Waals surface area (Å²) in [6.45, 7) is 5.78. The average Bonchev–Trinajstić information content (AvgIpc) is 3.46. The minimum Gasteiger partial charge on any atom is -0.507 e. The molecule has 3 heterocycles. The maximum absolute atomic E-state index is 13.3. The van der Waals surface area contributed by atoms with Crippen molar-refractivity contribution in [2.24, 2.45) is 0 Å². The molecule has 1 fully saturated rings. The SMILES string of the molecule is Cc1cc(O)c(CN2CCN(c3cccc(Cl)c3)CC2)c2c1C(=O)/C(=C/c1ccc3c(c1)OCO3)O2. The highest BCUT2D eigenvalue weighted by molar-refractivity contribution is 6.30. The Morgan fingerprint density at radius 2 is 1.83 bits per heavy atom. The number of halogens is 1. The molecule has 1 saturated heterocycles. The summed E-state index contributed by atoms with van der Waals surface area (Å²) in [6, 6.07) is 15.0. The van der Waals surface area contributed by atoms with E-state index in [9.17, 15) is 9.90 Å². The number of phenols is 1. The molecule has 8 heteroatoms. The van der Waals surface area contributed by atoms with Gasteiger partial charge in [-0.25, -0.2) is 0 Å². The van der Waals surface area contributed by atoms with Crippen LogP contribution >= 0.6 is 11.6 Å². The number of allylic oxidation sites excluding steroid dienone is 1. The van der Waals surface area contributed by atoms with E-state index in [0.29, 0.717) is 40.5 Å². The highest BCUT2D eigenvalue weighted by atomic mass is 35.5. The molecular formula is C28H25ClN2O5. The number of phenolic OH excluding ortho intramolecular Hbond substituents is 1. The summed E-state index contributed by atoms with van der Waals surface area (Å²) in [7, 11) is 0. The van der Waals surface area contributed by atoms with Gasteiger partial charge >= 0.3 is 0 Å². The summed E-state index contributed by atoms with van der Waals surface area (Å²) < 4.78 is 16.9. The van der Waals surface area contributed by atoms with Crippen molar-refractivity contribution in [2.75, 3.05) is 37.9 Å². The Labute approximate surface area is 214 Å². The number of carbonyl (C=O) groups excluding carboxylic acids is 1. The molecule has 6 rings (SSSR count). The average molecular weight is 505 g/mol. The maximum atomic E-state index is 13.3. The van der Waals surface area contributed by atoms with Crippen LogP contribution in [0.25, 0.3) is 6.08 Å². The van der Waals surface area contributed by atoms with Crippen molar-refractivity contribution in [1.82, 2.24) is 4.90 Å². The number of fused-ring (bicyclic) bond motifs is 2. The lowest BCUT2D eigenvalue weighted by molar-refractivity contribution is 0.101. The lowest BCUT2D eigenvalue weighted by Gasteiger charge is -2.36. The molecule has 0 radical (unpaired) electrons. The molecular weight excluding hydrogens is 480 g/mol. The van der Waals surface area contributed by atoms with Gasteiger partial charge in [-0.1, -0.05) is 23.7 Å². The van der Waals surface area contributed by atoms with Crippen LogP contribution in [-0.4, -0.2) is 48.8 Å². The molecule has 0 amide bonds. The Bertz CT molecular complexity index is 1390. The Morgan fingerprint density at radius 1 is 1.03 bits per heavy atom. The van der Waals surface area contributed by atoms with Crippen molar-refractivity contribution >= 4 is 29.1 Å². The maximum Gasteiger partial charge on any atom is 0.232 e. The first-order chi connectivity index (χ1) is 17.5. The Kier molecular flexibility index (Phi) is 5.74. The summed E-state index contributed by atoms with van der Waals surface area (Å²) in [4.78, 5) is 17.8. The van der Waals surface area contributed by atoms with Gasteiger partial charge in [-0.05, 0) is 60.5 Å². The minimum absolute atomic E-state index is 0.139. The van der Waals surface area contributed by atoms with Gasteiger partial charge in [0.1, 0.15) is 11.5 Å². The van der Waals surface area contributed by atoms with Gasteiger partial charge in [0.25, 0.3) is 0 Å². The first-order valence-electron chi connectivity index (χ1n) is 11.9. The first kappa shape index (κ1) is 22.8. The molecule has 3 aliphatic rings. The van der Waals surface area contributed by atoms with Crippen LogP contribution in [0.3, 0.4) is 0 Å². The number of piperazine rings is 1. The molecule has 0 saturated carbocycles. The summed E-state index contributed by atoms with van der Waals surface area (Å²) in [5.41, 5.74) is 3.71. The Morgan fingerprint density at radius 3 is 2.64 bits per heavy atom. The molecule has 0 aromatic heterocycles. The fraction of sp³-hybridized carbons (Fsp3) is 0.250. The number of hydrogen-bond acceptors (Lipinski definition) is 7. The molecule has 0 aliphatic carbocycles. The van der Waals surface area contributed by atoms with Gasteiger partial charge in [0, 0.05) is 43.4 Å². The van der Waals surface area contributed by atoms with Crippen molar-refractivity contribution < 1.29 is 24.1 Å². The van der Waals surface area contributed by atoms with Crippen molar-refractivity contribution in [1.29, 1.82) is 0 Å². The van der Waals surface area contributed by atoms with E-state index >= 15 is 0 Å². The van der Waals surface area contributed by atoms with E-state index in [1.807, 2.05) is 43.3 Å². The number of Topliss-reactive ketones (excluding diaryl/α,β-unsaturated/α-hetero) is 1. The molecule has 0 bridgehead atoms. The van der Waals surface area contributed by atoms with Crippen molar-refractivity contribution in [3.63, 3.8) is 0 Å². The van der Waals surface area contributed by atoms with E-state index in [0.717, 1.165) is 42.5 Å². The van der Waals surface area contributed by atoms with E-state index in [1.54, 1.807) is 12.1 Å². The summed E-state index contributed by atoms with van der Waals surface area (Å²) in [5.74, 6) is 1.94. The van der Waals surface area contributed by atoms with Crippen LogP contribution in [-0.2, 0) is 6.54 Å². The van der Waals surface area contributed by atoms with E-state index in [2.05, 4.69) is 15.9 Å². The quantitative estimate of drug-likeness (QED) is 0.500. The Hall–Kier alpha value is -3.68. The summed E-state index contributed by atoms with van der Waals surface area (Å²) >= 11 is 6.16. The van der Waals surface area contributed by atoms with E-state index < -0.39 is 0 Å². The Balaban J connectivity index is 1.22. The molecule has 3 aromatic rings. The predicted molar refractivity (Wildman–Crippen MR) is 137 cm³/mol. The van der Waals surface area contributed by atoms with Crippen molar-refractivity contribution in [3.05, 3.63) is 81.6 Å². The molecule has 0 spiro atoms. The fourth-order valence-electron chi connectivity index (χ4n) is 4.95. The topological polar surface area (TPSA) is 71.5 Å². The zero-order valence-corrected chi connectivity index (χ0v) is 20.5. The molecule has 3 aromatic carbocycles. The van der Waals surface area contributed by atoms with E-state index in [4.69, 9.17) is 25.8 Å². The van der Waals surface area contributed by atoms with Crippen molar-refractivity contribution in [2.45, 2.75) is 13.5 Å². The third-order valence-corrected chi connectivity index (χ3v) is 7.08. The molecule has 3 aliphatic heterocycles. The number of ketones is 1. The molecule has 0 atom stereocenters. The van der Waals surface area contributed by atoms with Crippen LogP contribution in [0.4, 0.5) is 5.69 Å². The van der Waals surface area contributed by atoms with Crippen LogP contribution in [0.1, 0.15) is 27.0 Å². The minimum atomic E-state index is -0.188. The van der Waals surface area contributed by atoms with Gasteiger partial charge in [-0.2, -0.15) is 0 Å². The van der Waals surface area contributed by atoms with E-state index in [1.165, 1.54) is 0 Å². The zero-order chi connectivity index (χ0) is 24.8. The van der Waals surface area contributed by atoms with Crippen LogP contribution in [0.2, 0.25) is 5.02 Å². The predicted octanol–water partition coefficient (Wildman–Crippen LogP) is 5.02. The van der Waals surface area contributed by atoms with Gasteiger partial charge in [0.2, 0.25) is 12.6 Å². The third-order valence-electron chi connectivity index (χ3n) is 6.84. The highest BCUT2D eigenvalue weighted by Crippen LogP contribution is 2.43. The second kappa shape index (κ2) is 9.08. The molecule has 36 heavy (non-hydrogen) atoms. The highest BCUT2D eigenvalue weighted by Gasteiger charge is 2.34. The number of aryl methyl sites for hydroxylation is 1.